The first kappa shape index (κ1) is 19.8. The lowest BCUT2D eigenvalue weighted by molar-refractivity contribution is -0.135. The molecular formula is C25H31N3O. The van der Waals surface area contributed by atoms with Gasteiger partial charge in [0.15, 0.2) is 0 Å². The number of hydrogen-bond donors (Lipinski definition) is 0. The van der Waals surface area contributed by atoms with Gasteiger partial charge in [0.05, 0.1) is 18.3 Å². The molecule has 1 fully saturated rings. The van der Waals surface area contributed by atoms with Gasteiger partial charge in [-0.3, -0.25) is 9.69 Å². The predicted molar refractivity (Wildman–Crippen MR) is 118 cm³/mol. The number of likely N-dealkylation sites (tertiary alicyclic amines) is 1. The lowest BCUT2D eigenvalue weighted by Gasteiger charge is -2.34. The molecule has 2 heterocycles. The minimum absolute atomic E-state index is 0.0282. The molecule has 29 heavy (non-hydrogen) atoms. The van der Waals surface area contributed by atoms with E-state index in [1.165, 1.54) is 30.4 Å². The van der Waals surface area contributed by atoms with E-state index in [2.05, 4.69) is 74.2 Å². The van der Waals surface area contributed by atoms with Crippen molar-refractivity contribution in [3.8, 4) is 0 Å². The summed E-state index contributed by atoms with van der Waals surface area (Å²) in [6.45, 7) is 7.87. The Morgan fingerprint density at radius 3 is 2.31 bits per heavy atom. The number of hydrogen-bond acceptors (Lipinski definition) is 3. The van der Waals surface area contributed by atoms with E-state index in [9.17, 15) is 4.79 Å². The van der Waals surface area contributed by atoms with E-state index < -0.39 is 0 Å². The molecule has 0 unspecified atom stereocenters. The molecule has 0 aliphatic carbocycles. The van der Waals surface area contributed by atoms with Gasteiger partial charge in [0, 0.05) is 12.5 Å². The van der Waals surface area contributed by atoms with Gasteiger partial charge < -0.3 is 0 Å². The fourth-order valence-electron chi connectivity index (χ4n) is 4.35. The smallest absolute Gasteiger partial charge is 0.257 e. The van der Waals surface area contributed by atoms with Crippen LogP contribution in [0.1, 0.15) is 60.9 Å². The summed E-state index contributed by atoms with van der Waals surface area (Å²) < 4.78 is 0. The zero-order chi connectivity index (χ0) is 20.4. The SMILES string of the molecule is Cc1ccc(C2=NN(C(=O)CN3CCCC[C@H]3C)[C@@H](c3ccc(C)cc3)C2)cc1. The monoisotopic (exact) mass is 389 g/mol. The van der Waals surface area contributed by atoms with Gasteiger partial charge in [0.25, 0.3) is 5.91 Å². The number of amides is 1. The van der Waals surface area contributed by atoms with Crippen LogP contribution in [0.15, 0.2) is 53.6 Å². The van der Waals surface area contributed by atoms with Crippen molar-refractivity contribution in [1.82, 2.24) is 9.91 Å². The van der Waals surface area contributed by atoms with E-state index in [4.69, 9.17) is 5.10 Å². The van der Waals surface area contributed by atoms with E-state index in [1.54, 1.807) is 5.01 Å². The molecule has 152 valence electrons. The molecule has 0 aromatic heterocycles. The summed E-state index contributed by atoms with van der Waals surface area (Å²) in [6.07, 6.45) is 4.37. The van der Waals surface area contributed by atoms with Crippen molar-refractivity contribution < 1.29 is 4.79 Å². The highest BCUT2D eigenvalue weighted by molar-refractivity contribution is 6.03. The molecule has 0 radical (unpaired) electrons. The van der Waals surface area contributed by atoms with Crippen molar-refractivity contribution in [2.24, 2.45) is 5.10 Å². The molecule has 0 saturated carbocycles. The Morgan fingerprint density at radius 1 is 1.00 bits per heavy atom. The zero-order valence-electron chi connectivity index (χ0n) is 17.8. The number of nitrogens with zero attached hydrogens (tertiary/aromatic N) is 3. The molecule has 1 amide bonds. The Hall–Kier alpha value is -2.46. The maximum atomic E-state index is 13.3. The van der Waals surface area contributed by atoms with Gasteiger partial charge in [-0.05, 0) is 51.3 Å². The van der Waals surface area contributed by atoms with Crippen molar-refractivity contribution >= 4 is 11.6 Å². The molecule has 2 atom stereocenters. The summed E-state index contributed by atoms with van der Waals surface area (Å²) in [5, 5.41) is 6.58. The molecule has 0 bridgehead atoms. The molecule has 2 aromatic rings. The zero-order valence-corrected chi connectivity index (χ0v) is 17.8. The van der Waals surface area contributed by atoms with Crippen LogP contribution in [0.4, 0.5) is 0 Å². The summed E-state index contributed by atoms with van der Waals surface area (Å²) in [5.41, 5.74) is 5.72. The third-order valence-electron chi connectivity index (χ3n) is 6.29. The minimum Gasteiger partial charge on any atom is -0.292 e. The van der Waals surface area contributed by atoms with Crippen LogP contribution in [0.3, 0.4) is 0 Å². The lowest BCUT2D eigenvalue weighted by atomic mass is 9.97. The maximum Gasteiger partial charge on any atom is 0.257 e. The summed E-state index contributed by atoms with van der Waals surface area (Å²) in [6, 6.07) is 17.4. The highest BCUT2D eigenvalue weighted by Crippen LogP contribution is 2.33. The minimum atomic E-state index is -0.0282. The van der Waals surface area contributed by atoms with Crippen molar-refractivity contribution in [2.45, 2.75) is 58.5 Å². The maximum absolute atomic E-state index is 13.3. The van der Waals surface area contributed by atoms with Gasteiger partial charge in [0.2, 0.25) is 0 Å². The Kier molecular flexibility index (Phi) is 5.81. The second kappa shape index (κ2) is 8.50. The number of piperidine rings is 1. The second-order valence-electron chi connectivity index (χ2n) is 8.60. The normalized spacial score (nSPS) is 22.6. The topological polar surface area (TPSA) is 35.9 Å². The summed E-state index contributed by atoms with van der Waals surface area (Å²) >= 11 is 0. The summed E-state index contributed by atoms with van der Waals surface area (Å²) in [4.78, 5) is 15.6. The highest BCUT2D eigenvalue weighted by atomic mass is 16.2. The molecule has 4 heteroatoms. The Bertz CT molecular complexity index is 885. The van der Waals surface area contributed by atoms with E-state index in [0.29, 0.717) is 12.6 Å². The number of aryl methyl sites for hydroxylation is 2. The first-order chi connectivity index (χ1) is 14.0. The van der Waals surface area contributed by atoms with Crippen LogP contribution < -0.4 is 0 Å². The van der Waals surface area contributed by atoms with Crippen molar-refractivity contribution in [3.05, 3.63) is 70.8 Å². The first-order valence-electron chi connectivity index (χ1n) is 10.8. The Morgan fingerprint density at radius 2 is 1.66 bits per heavy atom. The molecular weight excluding hydrogens is 358 g/mol. The van der Waals surface area contributed by atoms with Gasteiger partial charge in [-0.15, -0.1) is 0 Å². The van der Waals surface area contributed by atoms with Gasteiger partial charge in [-0.1, -0.05) is 66.1 Å². The molecule has 2 aliphatic rings. The third kappa shape index (κ3) is 4.43. The number of carbonyl (C=O) groups is 1. The quantitative estimate of drug-likeness (QED) is 0.749. The van der Waals surface area contributed by atoms with Gasteiger partial charge in [-0.25, -0.2) is 5.01 Å². The van der Waals surface area contributed by atoms with Crippen molar-refractivity contribution in [2.75, 3.05) is 13.1 Å². The standard InChI is InChI=1S/C25H31N3O/c1-18-7-11-21(12-8-18)23-16-24(22-13-9-19(2)10-14-22)28(26-23)25(29)17-27-15-5-4-6-20(27)3/h7-14,20,24H,4-6,15-17H2,1-3H3/t20-,24-/m1/s1. The largest absolute Gasteiger partial charge is 0.292 e. The van der Waals surface area contributed by atoms with Crippen LogP contribution in [-0.4, -0.2) is 40.7 Å². The number of benzene rings is 2. The van der Waals surface area contributed by atoms with E-state index in [1.807, 2.05) is 0 Å². The molecule has 2 aromatic carbocycles. The molecule has 0 N–H and O–H groups in total. The van der Waals surface area contributed by atoms with Gasteiger partial charge in [-0.2, -0.15) is 5.10 Å². The molecule has 4 rings (SSSR count). The van der Waals surface area contributed by atoms with Crippen LogP contribution in [0.25, 0.3) is 0 Å². The van der Waals surface area contributed by atoms with Crippen LogP contribution in [0, 0.1) is 13.8 Å². The number of rotatable bonds is 4. The Labute approximate surface area is 174 Å². The Balaban J connectivity index is 1.60. The van der Waals surface area contributed by atoms with Crippen LogP contribution in [0.2, 0.25) is 0 Å². The summed E-state index contributed by atoms with van der Waals surface area (Å²) in [7, 11) is 0. The number of carbonyl (C=O) groups excluding carboxylic acids is 1. The summed E-state index contributed by atoms with van der Waals surface area (Å²) in [5.74, 6) is 0.103. The van der Waals surface area contributed by atoms with Crippen LogP contribution in [-0.2, 0) is 4.79 Å². The molecule has 1 saturated heterocycles. The van der Waals surface area contributed by atoms with E-state index in [0.717, 1.165) is 29.8 Å². The fraction of sp³-hybridized carbons (Fsp3) is 0.440. The average Bonchev–Trinajstić information content (AvgIpc) is 3.16. The molecule has 0 spiro atoms. The molecule has 2 aliphatic heterocycles. The van der Waals surface area contributed by atoms with Gasteiger partial charge >= 0.3 is 0 Å². The van der Waals surface area contributed by atoms with Crippen molar-refractivity contribution in [1.29, 1.82) is 0 Å². The predicted octanol–water partition coefficient (Wildman–Crippen LogP) is 4.86. The highest BCUT2D eigenvalue weighted by Gasteiger charge is 2.34. The van der Waals surface area contributed by atoms with Crippen LogP contribution in [0.5, 0.6) is 0 Å². The fourth-order valence-corrected chi connectivity index (χ4v) is 4.35. The van der Waals surface area contributed by atoms with Gasteiger partial charge in [0.1, 0.15) is 0 Å². The van der Waals surface area contributed by atoms with Crippen molar-refractivity contribution in [3.63, 3.8) is 0 Å². The van der Waals surface area contributed by atoms with Crippen LogP contribution >= 0.6 is 0 Å². The third-order valence-corrected chi connectivity index (χ3v) is 6.29. The second-order valence-corrected chi connectivity index (χ2v) is 8.60. The molecule has 4 nitrogen and oxygen atoms in total. The number of hydrazone groups is 1. The average molecular weight is 390 g/mol. The lowest BCUT2D eigenvalue weighted by Crippen LogP contribution is -2.44. The van der Waals surface area contributed by atoms with E-state index in [-0.39, 0.29) is 11.9 Å². The van der Waals surface area contributed by atoms with E-state index >= 15 is 0 Å². The first-order valence-corrected chi connectivity index (χ1v) is 10.8.